The van der Waals surface area contributed by atoms with Crippen LogP contribution in [0.4, 0.5) is 5.69 Å². The number of aromatic nitrogens is 2. The second-order valence-corrected chi connectivity index (χ2v) is 5.15. The molecule has 0 aliphatic heterocycles. The van der Waals surface area contributed by atoms with Crippen LogP contribution >= 0.6 is 0 Å². The van der Waals surface area contributed by atoms with Crippen molar-refractivity contribution in [2.24, 2.45) is 0 Å². The number of carbonyl (C=O) groups excluding carboxylic acids is 2. The number of hydrogen-bond acceptors (Lipinski definition) is 7. The number of methoxy groups -OCH3 is 2. The number of benzene rings is 1. The van der Waals surface area contributed by atoms with E-state index in [1.54, 1.807) is 25.1 Å². The van der Waals surface area contributed by atoms with Gasteiger partial charge in [0.25, 0.3) is 5.91 Å². The quantitative estimate of drug-likeness (QED) is 0.799. The highest BCUT2D eigenvalue weighted by molar-refractivity contribution is 5.96. The Bertz CT molecular complexity index is 761. The molecule has 0 aliphatic carbocycles. The lowest BCUT2D eigenvalue weighted by Crippen LogP contribution is -2.30. The molecule has 1 aromatic heterocycles. The molecule has 1 atom stereocenters. The van der Waals surface area contributed by atoms with Crippen molar-refractivity contribution in [2.45, 2.75) is 20.0 Å². The summed E-state index contributed by atoms with van der Waals surface area (Å²) in [6.45, 7) is 3.22. The second-order valence-electron chi connectivity index (χ2n) is 5.15. The van der Waals surface area contributed by atoms with Gasteiger partial charge in [0.05, 0.1) is 26.1 Å². The van der Waals surface area contributed by atoms with Crippen LogP contribution in [-0.4, -0.2) is 42.2 Å². The van der Waals surface area contributed by atoms with Crippen LogP contribution in [0.2, 0.25) is 0 Å². The molecule has 8 heteroatoms. The first kappa shape index (κ1) is 18.2. The molecular weight excluding hydrogens is 326 g/mol. The predicted octanol–water partition coefficient (Wildman–Crippen LogP) is 1.99. The Kier molecular flexibility index (Phi) is 5.89. The summed E-state index contributed by atoms with van der Waals surface area (Å²) < 4.78 is 15.4. The van der Waals surface area contributed by atoms with Gasteiger partial charge in [-0.25, -0.2) is 9.78 Å². The number of ether oxygens (including phenoxy) is 3. The van der Waals surface area contributed by atoms with Crippen LogP contribution in [0, 0.1) is 6.92 Å². The summed E-state index contributed by atoms with van der Waals surface area (Å²) in [6.07, 6.45) is 1.74. The predicted molar refractivity (Wildman–Crippen MR) is 89.8 cm³/mol. The standard InChI is InChI=1S/C17H19N3O5/c1-10-8-19-13(9-18-10)17(22)25-11(2)16(21)20-12-5-6-14(23-3)15(7-12)24-4/h5-9,11H,1-4H3,(H,20,21). The van der Waals surface area contributed by atoms with Crippen LogP contribution in [0.3, 0.4) is 0 Å². The fourth-order valence-corrected chi connectivity index (χ4v) is 1.93. The molecule has 0 fully saturated rings. The molecule has 8 nitrogen and oxygen atoms in total. The second kappa shape index (κ2) is 8.09. The zero-order valence-electron chi connectivity index (χ0n) is 14.4. The van der Waals surface area contributed by atoms with Crippen molar-refractivity contribution in [1.82, 2.24) is 9.97 Å². The van der Waals surface area contributed by atoms with E-state index >= 15 is 0 Å². The molecule has 2 rings (SSSR count). The maximum atomic E-state index is 12.2. The van der Waals surface area contributed by atoms with Crippen molar-refractivity contribution in [3.63, 3.8) is 0 Å². The van der Waals surface area contributed by atoms with Gasteiger partial charge in [0.2, 0.25) is 0 Å². The molecule has 1 N–H and O–H groups in total. The molecule has 1 amide bonds. The summed E-state index contributed by atoms with van der Waals surface area (Å²) in [6, 6.07) is 4.92. The molecule has 0 saturated carbocycles. The van der Waals surface area contributed by atoms with Crippen molar-refractivity contribution in [1.29, 1.82) is 0 Å². The first-order chi connectivity index (χ1) is 11.9. The SMILES string of the molecule is COc1ccc(NC(=O)C(C)OC(=O)c2cnc(C)cn2)cc1OC. The fraction of sp³-hybridized carbons (Fsp3) is 0.294. The van der Waals surface area contributed by atoms with E-state index in [0.29, 0.717) is 22.9 Å². The van der Waals surface area contributed by atoms with E-state index in [1.807, 2.05) is 0 Å². The van der Waals surface area contributed by atoms with E-state index < -0.39 is 18.0 Å². The number of rotatable bonds is 6. The number of hydrogen-bond donors (Lipinski definition) is 1. The molecule has 0 radical (unpaired) electrons. The van der Waals surface area contributed by atoms with Gasteiger partial charge in [-0.05, 0) is 26.0 Å². The van der Waals surface area contributed by atoms with Gasteiger partial charge in [0.15, 0.2) is 23.3 Å². The van der Waals surface area contributed by atoms with Crippen LogP contribution < -0.4 is 14.8 Å². The Morgan fingerprint density at radius 3 is 2.40 bits per heavy atom. The van der Waals surface area contributed by atoms with Crippen LogP contribution in [0.15, 0.2) is 30.6 Å². The Hall–Kier alpha value is -3.16. The molecule has 132 valence electrons. The lowest BCUT2D eigenvalue weighted by molar-refractivity contribution is -0.123. The highest BCUT2D eigenvalue weighted by atomic mass is 16.5. The minimum atomic E-state index is -1.01. The van der Waals surface area contributed by atoms with Gasteiger partial charge >= 0.3 is 5.97 Å². The Morgan fingerprint density at radius 2 is 1.80 bits per heavy atom. The van der Waals surface area contributed by atoms with Crippen LogP contribution in [-0.2, 0) is 9.53 Å². The minimum Gasteiger partial charge on any atom is -0.493 e. The lowest BCUT2D eigenvalue weighted by atomic mass is 10.2. The van der Waals surface area contributed by atoms with Gasteiger partial charge in [0.1, 0.15) is 0 Å². The van der Waals surface area contributed by atoms with Crippen molar-refractivity contribution >= 4 is 17.6 Å². The van der Waals surface area contributed by atoms with E-state index in [0.717, 1.165) is 0 Å². The van der Waals surface area contributed by atoms with Crippen LogP contribution in [0.25, 0.3) is 0 Å². The molecule has 1 heterocycles. The average molecular weight is 345 g/mol. The van der Waals surface area contributed by atoms with Crippen LogP contribution in [0.5, 0.6) is 11.5 Å². The largest absolute Gasteiger partial charge is 0.493 e. The summed E-state index contributed by atoms with van der Waals surface area (Å²) in [7, 11) is 3.02. The van der Waals surface area contributed by atoms with Gasteiger partial charge in [-0.15, -0.1) is 0 Å². The summed E-state index contributed by atoms with van der Waals surface area (Å²) in [5.74, 6) is -0.194. The third-order valence-electron chi connectivity index (χ3n) is 3.29. The number of anilines is 1. The van der Waals surface area contributed by atoms with Crippen molar-refractivity contribution in [3.8, 4) is 11.5 Å². The molecule has 25 heavy (non-hydrogen) atoms. The topological polar surface area (TPSA) is 99.6 Å². The zero-order chi connectivity index (χ0) is 18.4. The highest BCUT2D eigenvalue weighted by Gasteiger charge is 2.20. The summed E-state index contributed by atoms with van der Waals surface area (Å²) in [4.78, 5) is 32.0. The smallest absolute Gasteiger partial charge is 0.359 e. The molecular formula is C17H19N3O5. The summed E-state index contributed by atoms with van der Waals surface area (Å²) in [5, 5.41) is 2.65. The van der Waals surface area contributed by atoms with Crippen molar-refractivity contribution in [2.75, 3.05) is 19.5 Å². The van der Waals surface area contributed by atoms with Gasteiger partial charge < -0.3 is 19.5 Å². The third-order valence-corrected chi connectivity index (χ3v) is 3.29. The van der Waals surface area contributed by atoms with Gasteiger partial charge in [-0.1, -0.05) is 0 Å². The number of carbonyl (C=O) groups is 2. The Labute approximate surface area is 145 Å². The average Bonchev–Trinajstić information content (AvgIpc) is 2.61. The molecule has 0 aliphatic rings. The highest BCUT2D eigenvalue weighted by Crippen LogP contribution is 2.29. The maximum Gasteiger partial charge on any atom is 0.359 e. The van der Waals surface area contributed by atoms with E-state index in [2.05, 4.69) is 15.3 Å². The summed E-state index contributed by atoms with van der Waals surface area (Å²) >= 11 is 0. The Morgan fingerprint density at radius 1 is 1.08 bits per heavy atom. The maximum absolute atomic E-state index is 12.2. The molecule has 1 aromatic carbocycles. The number of nitrogens with one attached hydrogen (secondary N) is 1. The lowest BCUT2D eigenvalue weighted by Gasteiger charge is -2.14. The zero-order valence-corrected chi connectivity index (χ0v) is 14.4. The molecule has 2 aromatic rings. The summed E-state index contributed by atoms with van der Waals surface area (Å²) in [5.41, 5.74) is 1.20. The molecule has 1 unspecified atom stereocenters. The molecule has 0 spiro atoms. The van der Waals surface area contributed by atoms with E-state index in [-0.39, 0.29) is 5.69 Å². The van der Waals surface area contributed by atoms with Gasteiger partial charge in [-0.3, -0.25) is 9.78 Å². The van der Waals surface area contributed by atoms with Gasteiger partial charge in [0, 0.05) is 18.0 Å². The van der Waals surface area contributed by atoms with E-state index in [1.165, 1.54) is 33.5 Å². The number of nitrogens with zero attached hydrogens (tertiary/aromatic N) is 2. The normalized spacial score (nSPS) is 11.4. The first-order valence-electron chi connectivity index (χ1n) is 7.47. The van der Waals surface area contributed by atoms with Crippen LogP contribution in [0.1, 0.15) is 23.1 Å². The first-order valence-corrected chi connectivity index (χ1v) is 7.47. The van der Waals surface area contributed by atoms with Crippen molar-refractivity contribution in [3.05, 3.63) is 42.0 Å². The Balaban J connectivity index is 2.00. The van der Waals surface area contributed by atoms with Crippen molar-refractivity contribution < 1.29 is 23.8 Å². The van der Waals surface area contributed by atoms with E-state index in [4.69, 9.17) is 14.2 Å². The number of amides is 1. The number of esters is 1. The monoisotopic (exact) mass is 345 g/mol. The number of aryl methyl sites for hydroxylation is 1. The minimum absolute atomic E-state index is 0.0383. The van der Waals surface area contributed by atoms with Gasteiger partial charge in [-0.2, -0.15) is 0 Å². The third kappa shape index (κ3) is 4.66. The van der Waals surface area contributed by atoms with E-state index in [9.17, 15) is 9.59 Å². The molecule has 0 bridgehead atoms. The molecule has 0 saturated heterocycles. The fourth-order valence-electron chi connectivity index (χ4n) is 1.93.